The van der Waals surface area contributed by atoms with E-state index < -0.39 is 0 Å². The van der Waals surface area contributed by atoms with Gasteiger partial charge in [0, 0.05) is 21.9 Å². The summed E-state index contributed by atoms with van der Waals surface area (Å²) in [5.74, 6) is 1.83. The predicted octanol–water partition coefficient (Wildman–Crippen LogP) is 13.2. The van der Waals surface area contributed by atoms with Crippen molar-refractivity contribution in [3.63, 3.8) is 0 Å². The maximum absolute atomic E-state index is 5.22. The van der Waals surface area contributed by atoms with E-state index in [1.807, 2.05) is 24.3 Å². The van der Waals surface area contributed by atoms with Crippen LogP contribution >= 0.6 is 0 Å². The van der Waals surface area contributed by atoms with E-state index >= 15 is 0 Å². The van der Waals surface area contributed by atoms with Crippen molar-refractivity contribution in [3.05, 3.63) is 217 Å². The van der Waals surface area contributed by atoms with Gasteiger partial charge in [0.15, 0.2) is 11.6 Å². The van der Waals surface area contributed by atoms with Crippen LogP contribution in [0.4, 0.5) is 0 Å². The first-order valence-electron chi connectivity index (χ1n) is 19.4. The second kappa shape index (κ2) is 14.7. The zero-order chi connectivity index (χ0) is 38.1. The number of nitrogens with zero attached hydrogens (tertiary/aromatic N) is 4. The number of para-hydroxylation sites is 1. The van der Waals surface area contributed by atoms with E-state index in [0.29, 0.717) is 17.6 Å². The van der Waals surface area contributed by atoms with Gasteiger partial charge in [-0.1, -0.05) is 170 Å². The Labute approximate surface area is 332 Å². The van der Waals surface area contributed by atoms with Crippen LogP contribution in [0.25, 0.3) is 83.9 Å². The maximum Gasteiger partial charge on any atom is 0.238 e. The lowest BCUT2D eigenvalue weighted by Crippen LogP contribution is -2.06. The summed E-state index contributed by atoms with van der Waals surface area (Å²) >= 11 is 0. The van der Waals surface area contributed by atoms with Gasteiger partial charge in [-0.2, -0.15) is 9.97 Å². The number of hydrogen-bond acceptors (Lipinski definition) is 3. The third-order valence-corrected chi connectivity index (χ3v) is 10.9. The van der Waals surface area contributed by atoms with Gasteiger partial charge in [0.2, 0.25) is 5.95 Å². The number of aryl methyl sites for hydroxylation is 1. The summed E-state index contributed by atoms with van der Waals surface area (Å²) in [4.78, 5) is 15.5. The fourth-order valence-electron chi connectivity index (χ4n) is 7.99. The molecule has 10 aromatic rings. The smallest absolute Gasteiger partial charge is 0.238 e. The zero-order valence-electron chi connectivity index (χ0n) is 31.5. The van der Waals surface area contributed by atoms with Gasteiger partial charge in [0.1, 0.15) is 0 Å². The van der Waals surface area contributed by atoms with Crippen molar-refractivity contribution < 1.29 is 0 Å². The average molecular weight is 731 g/mol. The molecule has 57 heavy (non-hydrogen) atoms. The van der Waals surface area contributed by atoms with Crippen LogP contribution < -0.4 is 0 Å². The highest BCUT2D eigenvalue weighted by Gasteiger charge is 2.19. The first kappa shape index (κ1) is 34.1. The lowest BCUT2D eigenvalue weighted by atomic mass is 9.90. The molecular weight excluding hydrogens is 693 g/mol. The number of aromatic nitrogens is 4. The van der Waals surface area contributed by atoms with Crippen LogP contribution in [-0.4, -0.2) is 19.5 Å². The Balaban J connectivity index is 1.11. The summed E-state index contributed by atoms with van der Waals surface area (Å²) in [5, 5.41) is 2.29. The number of rotatable bonds is 8. The molecule has 0 unspecified atom stereocenters. The molecule has 2 heterocycles. The van der Waals surface area contributed by atoms with Crippen molar-refractivity contribution in [1.82, 2.24) is 19.5 Å². The Kier molecular flexibility index (Phi) is 8.77. The van der Waals surface area contributed by atoms with Crippen molar-refractivity contribution in [2.75, 3.05) is 0 Å². The van der Waals surface area contributed by atoms with Gasteiger partial charge in [0.05, 0.1) is 11.0 Å². The van der Waals surface area contributed by atoms with Crippen LogP contribution in [0, 0.1) is 6.92 Å². The molecule has 0 saturated carbocycles. The van der Waals surface area contributed by atoms with Crippen molar-refractivity contribution >= 4 is 21.8 Å². The summed E-state index contributed by atoms with van der Waals surface area (Å²) in [7, 11) is 0. The van der Waals surface area contributed by atoms with Crippen LogP contribution in [0.5, 0.6) is 0 Å². The highest BCUT2D eigenvalue weighted by Crippen LogP contribution is 2.37. The summed E-state index contributed by atoms with van der Waals surface area (Å²) in [6.45, 7) is 2.21. The quantitative estimate of drug-likeness (QED) is 0.156. The Morgan fingerprint density at radius 3 is 1.77 bits per heavy atom. The summed E-state index contributed by atoms with van der Waals surface area (Å²) < 4.78 is 2.19. The van der Waals surface area contributed by atoms with Crippen molar-refractivity contribution in [3.8, 4) is 62.1 Å². The second-order valence-electron chi connectivity index (χ2n) is 14.5. The summed E-state index contributed by atoms with van der Waals surface area (Å²) in [6.07, 6.45) is 0.884. The van der Waals surface area contributed by atoms with E-state index in [4.69, 9.17) is 15.0 Å². The minimum atomic E-state index is 0.579. The third-order valence-electron chi connectivity index (χ3n) is 10.9. The molecule has 0 radical (unpaired) electrons. The highest BCUT2D eigenvalue weighted by atomic mass is 15.2. The van der Waals surface area contributed by atoms with Gasteiger partial charge in [0.25, 0.3) is 0 Å². The Hall–Kier alpha value is -7.43. The fraction of sp³-hybridized carbons (Fsp3) is 0.0377. The molecule has 0 amide bonds. The van der Waals surface area contributed by atoms with E-state index in [-0.39, 0.29) is 0 Å². The first-order chi connectivity index (χ1) is 28.2. The first-order valence-corrected chi connectivity index (χ1v) is 19.4. The molecule has 0 fully saturated rings. The molecule has 4 heteroatoms. The van der Waals surface area contributed by atoms with Gasteiger partial charge < -0.3 is 0 Å². The molecule has 2 aromatic heterocycles. The molecule has 0 spiro atoms. The van der Waals surface area contributed by atoms with Gasteiger partial charge in [-0.25, -0.2) is 4.98 Å². The molecule has 0 saturated heterocycles. The van der Waals surface area contributed by atoms with Gasteiger partial charge >= 0.3 is 0 Å². The summed E-state index contributed by atoms with van der Waals surface area (Å²) in [5.41, 5.74) is 14.9. The predicted molar refractivity (Wildman–Crippen MR) is 235 cm³/mol. The molecule has 0 N–H and O–H groups in total. The highest BCUT2D eigenvalue weighted by molar-refractivity contribution is 6.10. The largest absolute Gasteiger partial charge is 0.278 e. The zero-order valence-corrected chi connectivity index (χ0v) is 31.5. The van der Waals surface area contributed by atoms with Gasteiger partial charge in [-0.15, -0.1) is 0 Å². The van der Waals surface area contributed by atoms with Crippen molar-refractivity contribution in [2.24, 2.45) is 0 Å². The minimum Gasteiger partial charge on any atom is -0.278 e. The third kappa shape index (κ3) is 6.58. The van der Waals surface area contributed by atoms with Crippen molar-refractivity contribution in [2.45, 2.75) is 13.3 Å². The van der Waals surface area contributed by atoms with Crippen LogP contribution in [0.15, 0.2) is 200 Å². The molecular formula is C53H38N4. The second-order valence-corrected chi connectivity index (χ2v) is 14.5. The number of fused-ring (bicyclic) bond motifs is 3. The van der Waals surface area contributed by atoms with E-state index in [1.54, 1.807) is 0 Å². The normalized spacial score (nSPS) is 11.3. The lowest BCUT2D eigenvalue weighted by molar-refractivity contribution is 0.953. The standard InChI is InChI=1S/C53H38N4/c1-36-28-29-41(34-47(36)45-25-12-11-22-43(45)32-37-16-5-2-6-17-37)42-30-31-50-48(35-42)46-26-13-14-27-49(46)57(50)53-55-51(39-20-9-4-10-21-39)54-52(56-53)44-24-15-23-40(33-44)38-18-7-3-8-19-38/h2-31,33-35H,32H2,1H3. The van der Waals surface area contributed by atoms with Crippen molar-refractivity contribution in [1.29, 1.82) is 0 Å². The fourth-order valence-corrected chi connectivity index (χ4v) is 7.99. The van der Waals surface area contributed by atoms with Crippen LogP contribution in [0.3, 0.4) is 0 Å². The Bertz CT molecular complexity index is 3040. The molecule has 10 rings (SSSR count). The molecule has 0 aliphatic heterocycles. The topological polar surface area (TPSA) is 43.6 Å². The summed E-state index contributed by atoms with van der Waals surface area (Å²) in [6, 6.07) is 70.7. The molecule has 0 aliphatic carbocycles. The van der Waals surface area contributed by atoms with E-state index in [1.165, 1.54) is 33.4 Å². The van der Waals surface area contributed by atoms with E-state index in [9.17, 15) is 0 Å². The molecule has 0 bridgehead atoms. The SMILES string of the molecule is Cc1ccc(-c2ccc3c(c2)c2ccccc2n3-c2nc(-c3ccccc3)nc(-c3cccc(-c4ccccc4)c3)n2)cc1-c1ccccc1Cc1ccccc1. The lowest BCUT2D eigenvalue weighted by Gasteiger charge is -2.15. The number of benzene rings is 8. The Morgan fingerprint density at radius 1 is 0.386 bits per heavy atom. The monoisotopic (exact) mass is 730 g/mol. The Morgan fingerprint density at radius 2 is 0.965 bits per heavy atom. The molecule has 0 aliphatic rings. The van der Waals surface area contributed by atoms with E-state index in [0.717, 1.165) is 56.0 Å². The van der Waals surface area contributed by atoms with E-state index in [2.05, 4.69) is 187 Å². The minimum absolute atomic E-state index is 0.579. The van der Waals surface area contributed by atoms with Crippen LogP contribution in [-0.2, 0) is 6.42 Å². The maximum atomic E-state index is 5.22. The average Bonchev–Trinajstić information content (AvgIpc) is 3.61. The van der Waals surface area contributed by atoms with Gasteiger partial charge in [-0.05, 0) is 93.7 Å². The number of hydrogen-bond donors (Lipinski definition) is 0. The van der Waals surface area contributed by atoms with Crippen LogP contribution in [0.1, 0.15) is 16.7 Å². The molecule has 4 nitrogen and oxygen atoms in total. The molecule has 0 atom stereocenters. The van der Waals surface area contributed by atoms with Gasteiger partial charge in [-0.3, -0.25) is 4.57 Å². The van der Waals surface area contributed by atoms with Crippen LogP contribution in [0.2, 0.25) is 0 Å². The molecule has 8 aromatic carbocycles. The molecule has 270 valence electrons.